The quantitative estimate of drug-likeness (QED) is 0.664. The molecule has 0 amide bonds. The van der Waals surface area contributed by atoms with E-state index in [4.69, 9.17) is 9.47 Å². The number of hydrogen-bond donors (Lipinski definition) is 1. The van der Waals surface area contributed by atoms with Gasteiger partial charge in [-0.05, 0) is 44.1 Å². The minimum atomic E-state index is 0.706. The van der Waals surface area contributed by atoms with Crippen molar-refractivity contribution in [3.63, 3.8) is 0 Å². The largest absolute Gasteiger partial charge is 0.382 e. The lowest BCUT2D eigenvalue weighted by atomic mass is 9.77. The van der Waals surface area contributed by atoms with Crippen molar-refractivity contribution in [2.45, 2.75) is 45.6 Å². The van der Waals surface area contributed by atoms with Crippen LogP contribution in [0.3, 0.4) is 0 Å². The van der Waals surface area contributed by atoms with Gasteiger partial charge in [0.05, 0.1) is 13.2 Å². The molecule has 0 aromatic rings. The van der Waals surface area contributed by atoms with Crippen LogP contribution in [-0.2, 0) is 9.47 Å². The Morgan fingerprint density at radius 1 is 1.18 bits per heavy atom. The molecule has 1 fully saturated rings. The first-order chi connectivity index (χ1) is 8.27. The highest BCUT2D eigenvalue weighted by atomic mass is 16.5. The summed E-state index contributed by atoms with van der Waals surface area (Å²) in [6, 6.07) is 0.710. The van der Waals surface area contributed by atoms with Gasteiger partial charge in [-0.1, -0.05) is 13.8 Å². The molecule has 1 rings (SSSR count). The molecule has 0 spiro atoms. The van der Waals surface area contributed by atoms with Crippen LogP contribution in [0.4, 0.5) is 0 Å². The molecule has 3 nitrogen and oxygen atoms in total. The SMILES string of the molecule is CCNC1CCC(C)CC1CCOCCOC. The minimum Gasteiger partial charge on any atom is -0.382 e. The zero-order valence-corrected chi connectivity index (χ0v) is 11.7. The van der Waals surface area contributed by atoms with Crippen molar-refractivity contribution < 1.29 is 9.47 Å². The molecule has 1 aliphatic carbocycles. The fourth-order valence-corrected chi connectivity index (χ4v) is 2.83. The van der Waals surface area contributed by atoms with Crippen molar-refractivity contribution >= 4 is 0 Å². The molecule has 102 valence electrons. The van der Waals surface area contributed by atoms with Crippen molar-refractivity contribution in [1.82, 2.24) is 5.32 Å². The highest BCUT2D eigenvalue weighted by Gasteiger charge is 2.27. The summed E-state index contributed by atoms with van der Waals surface area (Å²) in [5.41, 5.74) is 0. The molecule has 0 bridgehead atoms. The van der Waals surface area contributed by atoms with Crippen molar-refractivity contribution in [1.29, 1.82) is 0 Å². The zero-order chi connectivity index (χ0) is 12.5. The smallest absolute Gasteiger partial charge is 0.0700 e. The molecule has 0 radical (unpaired) electrons. The van der Waals surface area contributed by atoms with Crippen LogP contribution in [0, 0.1) is 11.8 Å². The van der Waals surface area contributed by atoms with E-state index in [1.807, 2.05) is 0 Å². The predicted octanol–water partition coefficient (Wildman–Crippen LogP) is 2.45. The topological polar surface area (TPSA) is 30.5 Å². The van der Waals surface area contributed by atoms with Crippen molar-refractivity contribution in [2.75, 3.05) is 33.5 Å². The summed E-state index contributed by atoms with van der Waals surface area (Å²) in [5, 5.41) is 3.63. The molecule has 0 heterocycles. The molecule has 1 N–H and O–H groups in total. The highest BCUT2D eigenvalue weighted by Crippen LogP contribution is 2.31. The second-order valence-electron chi connectivity index (χ2n) is 5.24. The second kappa shape index (κ2) is 8.90. The van der Waals surface area contributed by atoms with Gasteiger partial charge in [0.15, 0.2) is 0 Å². The minimum absolute atomic E-state index is 0.706. The van der Waals surface area contributed by atoms with Crippen LogP contribution in [0.2, 0.25) is 0 Å². The maximum Gasteiger partial charge on any atom is 0.0700 e. The van der Waals surface area contributed by atoms with E-state index in [0.29, 0.717) is 12.6 Å². The van der Waals surface area contributed by atoms with E-state index in [9.17, 15) is 0 Å². The number of methoxy groups -OCH3 is 1. The van der Waals surface area contributed by atoms with Gasteiger partial charge in [0.25, 0.3) is 0 Å². The lowest BCUT2D eigenvalue weighted by Gasteiger charge is -2.35. The Hall–Kier alpha value is -0.120. The first kappa shape index (κ1) is 14.9. The van der Waals surface area contributed by atoms with Gasteiger partial charge in [0.1, 0.15) is 0 Å². The van der Waals surface area contributed by atoms with E-state index in [2.05, 4.69) is 19.2 Å². The molecular formula is C14H29NO2. The molecule has 17 heavy (non-hydrogen) atoms. The van der Waals surface area contributed by atoms with E-state index >= 15 is 0 Å². The van der Waals surface area contributed by atoms with Gasteiger partial charge in [-0.25, -0.2) is 0 Å². The van der Waals surface area contributed by atoms with Crippen molar-refractivity contribution in [3.8, 4) is 0 Å². The summed E-state index contributed by atoms with van der Waals surface area (Å²) in [6.45, 7) is 7.97. The van der Waals surface area contributed by atoms with Gasteiger partial charge >= 0.3 is 0 Å². The summed E-state index contributed by atoms with van der Waals surface area (Å²) >= 11 is 0. The van der Waals surface area contributed by atoms with Gasteiger partial charge in [0.2, 0.25) is 0 Å². The van der Waals surface area contributed by atoms with Crippen LogP contribution in [0.25, 0.3) is 0 Å². The van der Waals surface area contributed by atoms with Gasteiger partial charge < -0.3 is 14.8 Å². The van der Waals surface area contributed by atoms with Crippen LogP contribution in [0.1, 0.15) is 39.5 Å². The number of hydrogen-bond acceptors (Lipinski definition) is 3. The van der Waals surface area contributed by atoms with Gasteiger partial charge in [-0.15, -0.1) is 0 Å². The van der Waals surface area contributed by atoms with E-state index < -0.39 is 0 Å². The lowest BCUT2D eigenvalue weighted by molar-refractivity contribution is 0.0553. The zero-order valence-electron chi connectivity index (χ0n) is 11.7. The maximum absolute atomic E-state index is 5.59. The molecule has 0 aliphatic heterocycles. The second-order valence-corrected chi connectivity index (χ2v) is 5.24. The van der Waals surface area contributed by atoms with Gasteiger partial charge in [0, 0.05) is 19.8 Å². The first-order valence-electron chi connectivity index (χ1n) is 7.08. The van der Waals surface area contributed by atoms with Crippen molar-refractivity contribution in [2.24, 2.45) is 11.8 Å². The standard InChI is InChI=1S/C14H29NO2/c1-4-15-14-6-5-12(2)11-13(14)7-8-17-10-9-16-3/h12-15H,4-11H2,1-3H3. The Morgan fingerprint density at radius 2 is 2.00 bits per heavy atom. The normalized spacial score (nSPS) is 29.5. The van der Waals surface area contributed by atoms with Gasteiger partial charge in [-0.3, -0.25) is 0 Å². The molecule has 0 aromatic heterocycles. The summed E-state index contributed by atoms with van der Waals surface area (Å²) in [4.78, 5) is 0. The molecule has 1 aliphatic rings. The lowest BCUT2D eigenvalue weighted by Crippen LogP contribution is -2.40. The Bertz CT molecular complexity index is 187. The molecule has 3 unspecified atom stereocenters. The maximum atomic E-state index is 5.59. The third-order valence-electron chi connectivity index (χ3n) is 3.78. The third-order valence-corrected chi connectivity index (χ3v) is 3.78. The Kier molecular flexibility index (Phi) is 7.82. The molecule has 0 aromatic carbocycles. The number of nitrogens with one attached hydrogen (secondary N) is 1. The summed E-state index contributed by atoms with van der Waals surface area (Å²) < 4.78 is 10.6. The molecule has 3 atom stereocenters. The summed E-state index contributed by atoms with van der Waals surface area (Å²) in [7, 11) is 1.72. The fourth-order valence-electron chi connectivity index (χ4n) is 2.83. The average molecular weight is 243 g/mol. The van der Waals surface area contributed by atoms with Crippen molar-refractivity contribution in [3.05, 3.63) is 0 Å². The van der Waals surface area contributed by atoms with Crippen LogP contribution in [0.15, 0.2) is 0 Å². The Balaban J connectivity index is 2.21. The van der Waals surface area contributed by atoms with E-state index in [-0.39, 0.29) is 0 Å². The van der Waals surface area contributed by atoms with Crippen LogP contribution in [0.5, 0.6) is 0 Å². The first-order valence-corrected chi connectivity index (χ1v) is 7.08. The van der Waals surface area contributed by atoms with E-state index in [1.54, 1.807) is 7.11 Å². The Morgan fingerprint density at radius 3 is 2.71 bits per heavy atom. The molecule has 1 saturated carbocycles. The summed E-state index contributed by atoms with van der Waals surface area (Å²) in [5.74, 6) is 1.68. The van der Waals surface area contributed by atoms with E-state index in [0.717, 1.165) is 31.6 Å². The molecule has 0 saturated heterocycles. The average Bonchev–Trinajstić information content (AvgIpc) is 2.32. The Labute approximate surface area is 106 Å². The van der Waals surface area contributed by atoms with E-state index in [1.165, 1.54) is 25.7 Å². The monoisotopic (exact) mass is 243 g/mol. The highest BCUT2D eigenvalue weighted by molar-refractivity contribution is 4.83. The third kappa shape index (κ3) is 5.84. The number of rotatable bonds is 8. The summed E-state index contributed by atoms with van der Waals surface area (Å²) in [6.07, 6.45) is 5.24. The fraction of sp³-hybridized carbons (Fsp3) is 1.00. The predicted molar refractivity (Wildman–Crippen MR) is 71.3 cm³/mol. The molecule has 3 heteroatoms. The van der Waals surface area contributed by atoms with Crippen LogP contribution < -0.4 is 5.32 Å². The van der Waals surface area contributed by atoms with Gasteiger partial charge in [-0.2, -0.15) is 0 Å². The van der Waals surface area contributed by atoms with Crippen LogP contribution >= 0.6 is 0 Å². The molecular weight excluding hydrogens is 214 g/mol. The van der Waals surface area contributed by atoms with Crippen LogP contribution in [-0.4, -0.2) is 39.5 Å². The number of ether oxygens (including phenoxy) is 2.